The van der Waals surface area contributed by atoms with E-state index in [0.717, 1.165) is 11.1 Å². The molecule has 5 heteroatoms. The summed E-state index contributed by atoms with van der Waals surface area (Å²) in [7, 11) is -3.67. The number of fused-ring (bicyclic) bond motifs is 2. The number of para-hydroxylation sites is 2. The fourth-order valence-electron chi connectivity index (χ4n) is 2.13. The van der Waals surface area contributed by atoms with Crippen molar-refractivity contribution >= 4 is 7.60 Å². The number of benzene rings is 2. The van der Waals surface area contributed by atoms with E-state index in [4.69, 9.17) is 9.05 Å². The summed E-state index contributed by atoms with van der Waals surface area (Å²) in [6.45, 7) is 1.41. The Labute approximate surface area is 117 Å². The Hall–Kier alpha value is -1.77. The second-order valence-electron chi connectivity index (χ2n) is 4.75. The lowest BCUT2D eigenvalue weighted by molar-refractivity contribution is 0.223. The van der Waals surface area contributed by atoms with Crippen molar-refractivity contribution in [2.45, 2.75) is 19.2 Å². The number of hydrogen-bond acceptors (Lipinski definition) is 4. The zero-order chi connectivity index (χ0) is 14.2. The van der Waals surface area contributed by atoms with Gasteiger partial charge in [0.25, 0.3) is 0 Å². The Kier molecular flexibility index (Phi) is 3.28. The first kappa shape index (κ1) is 13.2. The number of hydrogen-bond donors (Lipinski definition) is 1. The monoisotopic (exact) mass is 290 g/mol. The van der Waals surface area contributed by atoms with Crippen LogP contribution in [0.4, 0.5) is 0 Å². The van der Waals surface area contributed by atoms with Crippen molar-refractivity contribution in [3.63, 3.8) is 0 Å². The maximum absolute atomic E-state index is 12.7. The van der Waals surface area contributed by atoms with Crippen LogP contribution in [0.15, 0.2) is 48.5 Å². The largest absolute Gasteiger partial charge is 0.458 e. The third-order valence-electron chi connectivity index (χ3n) is 3.23. The molecule has 0 bridgehead atoms. The Morgan fingerprint density at radius 1 is 1.00 bits per heavy atom. The molecule has 1 unspecified atom stereocenters. The lowest BCUT2D eigenvalue weighted by Gasteiger charge is -2.26. The smallest absolute Gasteiger partial charge is 0.414 e. The van der Waals surface area contributed by atoms with Crippen LogP contribution < -0.4 is 9.05 Å². The fourth-order valence-corrected chi connectivity index (χ4v) is 3.38. The first-order chi connectivity index (χ1) is 9.58. The van der Waals surface area contributed by atoms with Gasteiger partial charge in [-0.25, -0.2) is 4.57 Å². The lowest BCUT2D eigenvalue weighted by Crippen LogP contribution is -2.16. The summed E-state index contributed by atoms with van der Waals surface area (Å²) in [4.78, 5) is 0. The van der Waals surface area contributed by atoms with Crippen LogP contribution in [-0.2, 0) is 11.0 Å². The van der Waals surface area contributed by atoms with E-state index in [0.29, 0.717) is 17.9 Å². The predicted octanol–water partition coefficient (Wildman–Crippen LogP) is 3.58. The summed E-state index contributed by atoms with van der Waals surface area (Å²) in [5.74, 6) is -0.223. The Bertz CT molecular complexity index is 630. The molecule has 0 amide bonds. The van der Waals surface area contributed by atoms with Gasteiger partial charge in [-0.1, -0.05) is 36.4 Å². The van der Waals surface area contributed by atoms with E-state index >= 15 is 0 Å². The number of aliphatic hydroxyl groups is 1. The van der Waals surface area contributed by atoms with Gasteiger partial charge in [-0.05, 0) is 30.2 Å². The van der Waals surface area contributed by atoms with Gasteiger partial charge in [0.1, 0.15) is 11.5 Å². The van der Waals surface area contributed by atoms with Gasteiger partial charge in [-0.3, -0.25) is 0 Å². The SMILES string of the molecule is CC(O)P1(=O)Oc2ccccc2Cc2ccccc2O1. The quantitative estimate of drug-likeness (QED) is 0.816. The third-order valence-corrected chi connectivity index (χ3v) is 5.05. The van der Waals surface area contributed by atoms with E-state index in [1.807, 2.05) is 24.3 Å². The van der Waals surface area contributed by atoms with E-state index in [1.54, 1.807) is 24.3 Å². The van der Waals surface area contributed by atoms with Crippen LogP contribution in [0.3, 0.4) is 0 Å². The molecule has 1 aliphatic heterocycles. The van der Waals surface area contributed by atoms with Crippen molar-refractivity contribution in [3.8, 4) is 11.5 Å². The van der Waals surface area contributed by atoms with Crippen LogP contribution >= 0.6 is 7.60 Å². The highest BCUT2D eigenvalue weighted by atomic mass is 31.2. The van der Waals surface area contributed by atoms with Crippen molar-refractivity contribution in [1.29, 1.82) is 0 Å². The van der Waals surface area contributed by atoms with Crippen molar-refractivity contribution in [2.75, 3.05) is 0 Å². The average Bonchev–Trinajstić information content (AvgIpc) is 2.41. The van der Waals surface area contributed by atoms with Crippen LogP contribution in [0.25, 0.3) is 0 Å². The van der Waals surface area contributed by atoms with E-state index in [-0.39, 0.29) is 0 Å². The van der Waals surface area contributed by atoms with Crippen LogP contribution in [-0.4, -0.2) is 11.0 Å². The highest BCUT2D eigenvalue weighted by molar-refractivity contribution is 7.55. The molecule has 1 heterocycles. The van der Waals surface area contributed by atoms with Gasteiger partial charge in [0.05, 0.1) is 0 Å². The van der Waals surface area contributed by atoms with Crippen molar-refractivity contribution in [1.82, 2.24) is 0 Å². The maximum atomic E-state index is 12.7. The topological polar surface area (TPSA) is 55.8 Å². The molecule has 0 aromatic heterocycles. The van der Waals surface area contributed by atoms with E-state index in [1.165, 1.54) is 6.92 Å². The van der Waals surface area contributed by atoms with Crippen molar-refractivity contribution in [3.05, 3.63) is 59.7 Å². The first-order valence-corrected chi connectivity index (χ1v) is 8.02. The second-order valence-corrected chi connectivity index (χ2v) is 6.94. The van der Waals surface area contributed by atoms with Gasteiger partial charge in [-0.15, -0.1) is 0 Å². The van der Waals surface area contributed by atoms with Crippen LogP contribution in [0.1, 0.15) is 18.1 Å². The molecule has 0 radical (unpaired) electrons. The average molecular weight is 290 g/mol. The Morgan fingerprint density at radius 3 is 1.90 bits per heavy atom. The highest BCUT2D eigenvalue weighted by Gasteiger charge is 2.37. The summed E-state index contributed by atoms with van der Waals surface area (Å²) < 4.78 is 23.8. The van der Waals surface area contributed by atoms with E-state index in [9.17, 15) is 9.67 Å². The molecule has 2 aromatic rings. The maximum Gasteiger partial charge on any atom is 0.458 e. The van der Waals surface area contributed by atoms with Crippen molar-refractivity contribution < 1.29 is 18.7 Å². The molecule has 1 aliphatic rings. The number of rotatable bonds is 1. The molecule has 20 heavy (non-hydrogen) atoms. The molecular weight excluding hydrogens is 275 g/mol. The molecule has 0 spiro atoms. The molecule has 4 nitrogen and oxygen atoms in total. The summed E-state index contributed by atoms with van der Waals surface area (Å²) >= 11 is 0. The van der Waals surface area contributed by atoms with Crippen LogP contribution in [0.5, 0.6) is 11.5 Å². The second kappa shape index (κ2) is 4.97. The van der Waals surface area contributed by atoms with Gasteiger partial charge in [-0.2, -0.15) is 0 Å². The summed E-state index contributed by atoms with van der Waals surface area (Å²) in [5, 5.41) is 9.79. The normalized spacial score (nSPS) is 17.5. The molecule has 104 valence electrons. The third kappa shape index (κ3) is 2.33. The van der Waals surface area contributed by atoms with E-state index < -0.39 is 13.4 Å². The predicted molar refractivity (Wildman–Crippen MR) is 76.2 cm³/mol. The Morgan fingerprint density at radius 2 is 1.45 bits per heavy atom. The molecule has 0 saturated carbocycles. The molecule has 0 fully saturated rings. The van der Waals surface area contributed by atoms with Crippen molar-refractivity contribution in [2.24, 2.45) is 0 Å². The van der Waals surface area contributed by atoms with Gasteiger partial charge in [0, 0.05) is 6.42 Å². The Balaban J connectivity index is 2.17. The van der Waals surface area contributed by atoms with Crippen LogP contribution in [0, 0.1) is 0 Å². The molecule has 2 aromatic carbocycles. The minimum absolute atomic E-state index is 0.492. The molecule has 1 N–H and O–H groups in total. The molecular formula is C15H15O4P. The highest BCUT2D eigenvalue weighted by Crippen LogP contribution is 2.54. The van der Waals surface area contributed by atoms with Gasteiger partial charge in [0.2, 0.25) is 0 Å². The summed E-state index contributed by atoms with van der Waals surface area (Å²) in [6, 6.07) is 14.7. The molecule has 3 rings (SSSR count). The van der Waals surface area contributed by atoms with Crippen LogP contribution in [0.2, 0.25) is 0 Å². The van der Waals surface area contributed by atoms with Gasteiger partial charge in [0.15, 0.2) is 5.85 Å². The minimum atomic E-state index is -3.67. The zero-order valence-corrected chi connectivity index (χ0v) is 11.9. The molecule has 1 atom stereocenters. The molecule has 0 aliphatic carbocycles. The number of aliphatic hydroxyl groups excluding tert-OH is 1. The minimum Gasteiger partial charge on any atom is -0.414 e. The zero-order valence-electron chi connectivity index (χ0n) is 11.0. The van der Waals surface area contributed by atoms with E-state index in [2.05, 4.69) is 0 Å². The summed E-state index contributed by atoms with van der Waals surface area (Å²) in [6.07, 6.45) is 0.631. The van der Waals surface area contributed by atoms with Gasteiger partial charge < -0.3 is 14.2 Å². The first-order valence-electron chi connectivity index (χ1n) is 6.41. The molecule has 0 saturated heterocycles. The fraction of sp³-hybridized carbons (Fsp3) is 0.200. The summed E-state index contributed by atoms with van der Waals surface area (Å²) in [5.41, 5.74) is 1.84. The van der Waals surface area contributed by atoms with Gasteiger partial charge >= 0.3 is 7.60 Å². The lowest BCUT2D eigenvalue weighted by atomic mass is 10.0. The standard InChI is InChI=1S/C15H15O4P/c1-11(16)20(17)18-14-8-4-2-6-12(14)10-13-7-3-5-9-15(13)19-20/h2-9,11,16H,10H2,1H3.